The maximum Gasteiger partial charge on any atom is 0.200 e. The summed E-state index contributed by atoms with van der Waals surface area (Å²) in [6.07, 6.45) is 2.46. The van der Waals surface area contributed by atoms with Crippen LogP contribution < -0.4 is 14.9 Å². The molecular weight excluding hydrogens is 436 g/mol. The Morgan fingerprint density at radius 2 is 1.59 bits per heavy atom. The first-order chi connectivity index (χ1) is 15.8. The molecule has 0 amide bonds. The zero-order chi connectivity index (χ0) is 25.4. The van der Waals surface area contributed by atoms with Crippen LogP contribution in [0.3, 0.4) is 0 Å². The van der Waals surface area contributed by atoms with Crippen LogP contribution in [-0.2, 0) is 0 Å². The van der Waals surface area contributed by atoms with Crippen LogP contribution in [0.4, 0.5) is 8.78 Å². The molecule has 0 saturated heterocycles. The number of hydrogen-bond acceptors (Lipinski definition) is 3. The van der Waals surface area contributed by atoms with Gasteiger partial charge in [0.25, 0.3) is 0 Å². The maximum absolute atomic E-state index is 15.3. The largest absolute Gasteiger partial charge is 0.497 e. The second-order valence-corrected chi connectivity index (χ2v) is 10.9. The Kier molecular flexibility index (Phi) is 7.11. The lowest BCUT2D eigenvalue weighted by molar-refractivity contribution is 0.114. The number of halogens is 2. The number of pyridine rings is 1. The van der Waals surface area contributed by atoms with Gasteiger partial charge in [-0.2, -0.15) is 0 Å². The lowest BCUT2D eigenvalue weighted by atomic mass is 9.71. The Bertz CT molecular complexity index is 1220. The Morgan fingerprint density at radius 1 is 1.00 bits per heavy atom. The van der Waals surface area contributed by atoms with Gasteiger partial charge in [-0.3, -0.25) is 4.79 Å². The smallest absolute Gasteiger partial charge is 0.200 e. The van der Waals surface area contributed by atoms with Gasteiger partial charge in [0.1, 0.15) is 11.5 Å². The van der Waals surface area contributed by atoms with Crippen LogP contribution in [0.2, 0.25) is 0 Å². The summed E-state index contributed by atoms with van der Waals surface area (Å²) in [7, 11) is 1.56. The minimum absolute atomic E-state index is 0.172. The highest BCUT2D eigenvalue weighted by Gasteiger charge is 2.38. The summed E-state index contributed by atoms with van der Waals surface area (Å²) in [6, 6.07) is 7.87. The minimum atomic E-state index is -1.16. The SMILES string of the molecule is CCCOc1cc(F)c(F)c2c(=O)c(-c3ccc(OC)cc3)cn(C(C(C)(C)C)C(C)(C)C)c12. The third kappa shape index (κ3) is 4.82. The van der Waals surface area contributed by atoms with Crippen molar-refractivity contribution in [2.45, 2.75) is 60.9 Å². The van der Waals surface area contributed by atoms with E-state index in [2.05, 4.69) is 41.5 Å². The average Bonchev–Trinajstić information content (AvgIpc) is 2.74. The second-order valence-electron chi connectivity index (χ2n) is 10.9. The van der Waals surface area contributed by atoms with E-state index in [4.69, 9.17) is 9.47 Å². The Balaban J connectivity index is 2.53. The van der Waals surface area contributed by atoms with Crippen molar-refractivity contribution < 1.29 is 18.3 Å². The summed E-state index contributed by atoms with van der Waals surface area (Å²) in [5.41, 5.74) is 0.0531. The molecule has 0 aliphatic rings. The zero-order valence-electron chi connectivity index (χ0n) is 21.4. The molecule has 0 aliphatic carbocycles. The van der Waals surface area contributed by atoms with Gasteiger partial charge in [-0.25, -0.2) is 8.78 Å². The van der Waals surface area contributed by atoms with Gasteiger partial charge < -0.3 is 14.0 Å². The summed E-state index contributed by atoms with van der Waals surface area (Å²) in [5.74, 6) is -1.45. The molecule has 34 heavy (non-hydrogen) atoms. The third-order valence-electron chi connectivity index (χ3n) is 5.94. The topological polar surface area (TPSA) is 40.5 Å². The molecule has 0 N–H and O–H groups in total. The molecule has 0 aliphatic heterocycles. The molecule has 4 nitrogen and oxygen atoms in total. The van der Waals surface area contributed by atoms with Crippen molar-refractivity contribution in [2.75, 3.05) is 13.7 Å². The highest BCUT2D eigenvalue weighted by molar-refractivity contribution is 5.89. The molecule has 1 aromatic heterocycles. The minimum Gasteiger partial charge on any atom is -0.497 e. The van der Waals surface area contributed by atoms with Crippen molar-refractivity contribution in [3.63, 3.8) is 0 Å². The highest BCUT2D eigenvalue weighted by Crippen LogP contribution is 2.47. The summed E-state index contributed by atoms with van der Waals surface area (Å²) in [6.45, 7) is 14.9. The molecule has 184 valence electrons. The first kappa shape index (κ1) is 25.7. The molecule has 3 rings (SSSR count). The number of nitrogens with zero attached hydrogens (tertiary/aromatic N) is 1. The van der Waals surface area contributed by atoms with Crippen LogP contribution >= 0.6 is 0 Å². The van der Waals surface area contributed by atoms with Crippen molar-refractivity contribution in [3.8, 4) is 22.6 Å². The predicted octanol–water partition coefficient (Wildman–Crippen LogP) is 7.38. The molecule has 0 spiro atoms. The van der Waals surface area contributed by atoms with Crippen LogP contribution in [-0.4, -0.2) is 18.3 Å². The molecule has 0 saturated carbocycles. The molecule has 2 aromatic carbocycles. The van der Waals surface area contributed by atoms with E-state index in [0.29, 0.717) is 29.9 Å². The van der Waals surface area contributed by atoms with Gasteiger partial charge in [-0.05, 0) is 34.9 Å². The van der Waals surface area contributed by atoms with E-state index in [-0.39, 0.29) is 33.5 Å². The molecule has 6 heteroatoms. The predicted molar refractivity (Wildman–Crippen MR) is 134 cm³/mol. The summed E-state index contributed by atoms with van der Waals surface area (Å²) >= 11 is 0. The number of fused-ring (bicyclic) bond motifs is 1. The van der Waals surface area contributed by atoms with E-state index in [0.717, 1.165) is 6.07 Å². The van der Waals surface area contributed by atoms with E-state index in [1.165, 1.54) is 0 Å². The fourth-order valence-corrected chi connectivity index (χ4v) is 5.09. The summed E-state index contributed by atoms with van der Waals surface area (Å²) < 4.78 is 43.1. The second kappa shape index (κ2) is 9.40. The number of aromatic nitrogens is 1. The normalized spacial score (nSPS) is 12.4. The molecular formula is C28H35F2NO3. The average molecular weight is 472 g/mol. The fourth-order valence-electron chi connectivity index (χ4n) is 5.09. The van der Waals surface area contributed by atoms with Crippen molar-refractivity contribution in [3.05, 3.63) is 58.4 Å². The lowest BCUT2D eigenvalue weighted by Crippen LogP contribution is -2.36. The standard InChI is InChI=1S/C28H35F2NO3/c1-9-14-34-21-15-20(29)23(30)22-24(21)31(26(27(2,3)4)28(5,6)7)16-19(25(22)32)17-10-12-18(33-8)13-11-17/h10-13,15-16,26H,9,14H2,1-8H3. The van der Waals surface area contributed by atoms with Crippen molar-refractivity contribution in [1.29, 1.82) is 0 Å². The molecule has 0 bridgehead atoms. The lowest BCUT2D eigenvalue weighted by Gasteiger charge is -2.43. The van der Waals surface area contributed by atoms with Gasteiger partial charge in [-0.1, -0.05) is 60.6 Å². The van der Waals surface area contributed by atoms with Crippen LogP contribution in [0.5, 0.6) is 11.5 Å². The van der Waals surface area contributed by atoms with Crippen LogP contribution in [0.25, 0.3) is 22.0 Å². The molecule has 3 aromatic rings. The number of ether oxygens (including phenoxy) is 2. The maximum atomic E-state index is 15.3. The molecule has 0 radical (unpaired) electrons. The Labute approximate surface area is 200 Å². The van der Waals surface area contributed by atoms with E-state index in [1.807, 2.05) is 11.5 Å². The van der Waals surface area contributed by atoms with Gasteiger partial charge in [-0.15, -0.1) is 0 Å². The number of methoxy groups -OCH3 is 1. The molecule has 1 heterocycles. The first-order valence-corrected chi connectivity index (χ1v) is 11.6. The molecule has 0 atom stereocenters. The number of rotatable bonds is 6. The number of hydrogen-bond donors (Lipinski definition) is 0. The van der Waals surface area contributed by atoms with Crippen molar-refractivity contribution in [2.24, 2.45) is 10.8 Å². The van der Waals surface area contributed by atoms with Crippen molar-refractivity contribution in [1.82, 2.24) is 4.57 Å². The van der Waals surface area contributed by atoms with Gasteiger partial charge in [0, 0.05) is 23.9 Å². The van der Waals surface area contributed by atoms with Crippen LogP contribution in [0, 0.1) is 22.5 Å². The monoisotopic (exact) mass is 471 g/mol. The van der Waals surface area contributed by atoms with E-state index in [9.17, 15) is 9.18 Å². The van der Waals surface area contributed by atoms with Gasteiger partial charge in [0.2, 0.25) is 0 Å². The van der Waals surface area contributed by atoms with Crippen LogP contribution in [0.1, 0.15) is 60.9 Å². The summed E-state index contributed by atoms with van der Waals surface area (Å²) in [5, 5.41) is -0.294. The van der Waals surface area contributed by atoms with Gasteiger partial charge in [0.15, 0.2) is 17.1 Å². The number of benzene rings is 2. The highest BCUT2D eigenvalue weighted by atomic mass is 19.2. The fraction of sp³-hybridized carbons (Fsp3) is 0.464. The summed E-state index contributed by atoms with van der Waals surface area (Å²) in [4.78, 5) is 13.6. The van der Waals surface area contributed by atoms with Crippen LogP contribution in [0.15, 0.2) is 41.3 Å². The van der Waals surface area contributed by atoms with E-state index >= 15 is 4.39 Å². The van der Waals surface area contributed by atoms with Crippen molar-refractivity contribution >= 4 is 10.9 Å². The van der Waals surface area contributed by atoms with Gasteiger partial charge >= 0.3 is 0 Å². The third-order valence-corrected chi connectivity index (χ3v) is 5.94. The first-order valence-electron chi connectivity index (χ1n) is 11.6. The zero-order valence-corrected chi connectivity index (χ0v) is 21.4. The Hall–Kier alpha value is -2.89. The van der Waals surface area contributed by atoms with E-state index in [1.54, 1.807) is 37.6 Å². The Morgan fingerprint density at radius 3 is 2.09 bits per heavy atom. The molecule has 0 fully saturated rings. The van der Waals surface area contributed by atoms with E-state index < -0.39 is 17.1 Å². The quantitative estimate of drug-likeness (QED) is 0.377. The van der Waals surface area contributed by atoms with Gasteiger partial charge in [0.05, 0.1) is 24.6 Å². The molecule has 0 unspecified atom stereocenters.